The highest BCUT2D eigenvalue weighted by molar-refractivity contribution is 5.87. The van der Waals surface area contributed by atoms with E-state index >= 15 is 0 Å². The van der Waals surface area contributed by atoms with Gasteiger partial charge in [0, 0.05) is 5.92 Å². The molecule has 1 aliphatic carbocycles. The summed E-state index contributed by atoms with van der Waals surface area (Å²) in [6.07, 6.45) is 0.807. The number of carbonyl (C=O) groups excluding carboxylic acids is 1. The Morgan fingerprint density at radius 2 is 1.95 bits per heavy atom. The number of amides is 1. The second kappa shape index (κ2) is 5.65. The summed E-state index contributed by atoms with van der Waals surface area (Å²) in [5.41, 5.74) is 2.38. The van der Waals surface area contributed by atoms with Crippen molar-refractivity contribution in [2.24, 2.45) is 11.8 Å². The van der Waals surface area contributed by atoms with Crippen molar-refractivity contribution < 1.29 is 14.7 Å². The number of carbonyl (C=O) groups is 2. The lowest BCUT2D eigenvalue weighted by atomic mass is 10.0. The second-order valence-electron chi connectivity index (χ2n) is 5.87. The highest BCUT2D eigenvalue weighted by atomic mass is 16.4. The van der Waals surface area contributed by atoms with E-state index in [0.29, 0.717) is 0 Å². The zero-order valence-corrected chi connectivity index (χ0v) is 12.1. The molecule has 0 spiro atoms. The maximum absolute atomic E-state index is 12.1. The summed E-state index contributed by atoms with van der Waals surface area (Å²) in [6, 6.07) is 7.24. The number of nitrogens with one attached hydrogen (secondary N) is 1. The number of aliphatic carboxylic acids is 1. The van der Waals surface area contributed by atoms with Crippen molar-refractivity contribution >= 4 is 11.9 Å². The summed E-state index contributed by atoms with van der Waals surface area (Å²) in [7, 11) is 0. The Kier molecular flexibility index (Phi) is 4.12. The van der Waals surface area contributed by atoms with E-state index in [4.69, 9.17) is 5.11 Å². The van der Waals surface area contributed by atoms with Crippen LogP contribution in [-0.4, -0.2) is 23.0 Å². The van der Waals surface area contributed by atoms with Crippen LogP contribution in [0.1, 0.15) is 37.3 Å². The topological polar surface area (TPSA) is 66.4 Å². The zero-order chi connectivity index (χ0) is 14.9. The maximum atomic E-state index is 12.1. The molecule has 0 aliphatic heterocycles. The van der Waals surface area contributed by atoms with Gasteiger partial charge in [0.1, 0.15) is 6.04 Å². The van der Waals surface area contributed by atoms with E-state index in [1.165, 1.54) is 11.1 Å². The van der Waals surface area contributed by atoms with E-state index < -0.39 is 12.0 Å². The molecule has 3 atom stereocenters. The summed E-state index contributed by atoms with van der Waals surface area (Å²) >= 11 is 0. The molecule has 0 aromatic heterocycles. The van der Waals surface area contributed by atoms with Crippen molar-refractivity contribution in [1.29, 1.82) is 0 Å². The van der Waals surface area contributed by atoms with Crippen LogP contribution in [0.4, 0.5) is 0 Å². The Morgan fingerprint density at radius 3 is 2.50 bits per heavy atom. The van der Waals surface area contributed by atoms with Crippen molar-refractivity contribution in [3.8, 4) is 0 Å². The molecule has 2 unspecified atom stereocenters. The lowest BCUT2D eigenvalue weighted by Gasteiger charge is -2.18. The zero-order valence-electron chi connectivity index (χ0n) is 12.1. The Hall–Kier alpha value is -1.84. The molecule has 0 bridgehead atoms. The van der Waals surface area contributed by atoms with E-state index in [1.807, 2.05) is 31.2 Å². The van der Waals surface area contributed by atoms with Gasteiger partial charge in [-0.15, -0.1) is 0 Å². The summed E-state index contributed by atoms with van der Waals surface area (Å²) in [5.74, 6) is -1.08. The van der Waals surface area contributed by atoms with Crippen molar-refractivity contribution in [2.45, 2.75) is 39.2 Å². The van der Waals surface area contributed by atoms with Gasteiger partial charge in [-0.05, 0) is 36.3 Å². The minimum Gasteiger partial charge on any atom is -0.480 e. The van der Waals surface area contributed by atoms with Crippen molar-refractivity contribution in [3.63, 3.8) is 0 Å². The summed E-state index contributed by atoms with van der Waals surface area (Å²) < 4.78 is 0. The first kappa shape index (κ1) is 14.6. The predicted octanol–water partition coefficient (Wildman–Crippen LogP) is 2.32. The van der Waals surface area contributed by atoms with Crippen molar-refractivity contribution in [1.82, 2.24) is 5.32 Å². The van der Waals surface area contributed by atoms with Crippen LogP contribution >= 0.6 is 0 Å². The van der Waals surface area contributed by atoms with Crippen LogP contribution in [0.15, 0.2) is 24.3 Å². The number of rotatable bonds is 5. The SMILES string of the molecule is Cc1ccccc1C1CC1C(=O)N[C@H](C(=O)O)C(C)C. The largest absolute Gasteiger partial charge is 0.480 e. The second-order valence-corrected chi connectivity index (χ2v) is 5.87. The van der Waals surface area contributed by atoms with Gasteiger partial charge < -0.3 is 10.4 Å². The predicted molar refractivity (Wildman–Crippen MR) is 76.4 cm³/mol. The third kappa shape index (κ3) is 3.00. The van der Waals surface area contributed by atoms with Crippen LogP contribution in [0, 0.1) is 18.8 Å². The van der Waals surface area contributed by atoms with E-state index in [2.05, 4.69) is 5.32 Å². The molecule has 2 rings (SSSR count). The van der Waals surface area contributed by atoms with Crippen LogP contribution in [0.2, 0.25) is 0 Å². The van der Waals surface area contributed by atoms with Crippen LogP contribution < -0.4 is 5.32 Å². The molecule has 0 radical (unpaired) electrons. The standard InChI is InChI=1S/C16H21NO3/c1-9(2)14(16(19)20)17-15(18)13-8-12(13)11-7-5-4-6-10(11)3/h4-7,9,12-14H,8H2,1-3H3,(H,17,18)(H,19,20)/t12?,13?,14-/m0/s1. The number of carboxylic acids is 1. The number of carboxylic acid groups (broad SMARTS) is 1. The van der Waals surface area contributed by atoms with Gasteiger partial charge in [-0.2, -0.15) is 0 Å². The molecule has 2 N–H and O–H groups in total. The lowest BCUT2D eigenvalue weighted by Crippen LogP contribution is -2.45. The number of benzene rings is 1. The number of hydrogen-bond acceptors (Lipinski definition) is 2. The van der Waals surface area contributed by atoms with Gasteiger partial charge in [-0.1, -0.05) is 38.1 Å². The highest BCUT2D eigenvalue weighted by Gasteiger charge is 2.45. The molecule has 4 heteroatoms. The first-order valence-electron chi connectivity index (χ1n) is 7.00. The summed E-state index contributed by atoms with van der Waals surface area (Å²) in [6.45, 7) is 5.63. The first-order valence-corrected chi connectivity index (χ1v) is 7.00. The molecule has 0 heterocycles. The van der Waals surface area contributed by atoms with Gasteiger partial charge in [0.15, 0.2) is 0 Å². The molecular weight excluding hydrogens is 254 g/mol. The molecule has 1 aliphatic rings. The van der Waals surface area contributed by atoms with Gasteiger partial charge in [0.05, 0.1) is 0 Å². The third-order valence-electron chi connectivity index (χ3n) is 3.95. The van der Waals surface area contributed by atoms with E-state index in [0.717, 1.165) is 6.42 Å². The number of hydrogen-bond donors (Lipinski definition) is 2. The van der Waals surface area contributed by atoms with Gasteiger partial charge in [-0.3, -0.25) is 4.79 Å². The Bertz CT molecular complexity index is 524. The molecule has 0 saturated heterocycles. The average Bonchev–Trinajstić information content (AvgIpc) is 3.15. The molecule has 1 aromatic rings. The van der Waals surface area contributed by atoms with Crippen LogP contribution in [0.5, 0.6) is 0 Å². The molecule has 20 heavy (non-hydrogen) atoms. The van der Waals surface area contributed by atoms with Crippen molar-refractivity contribution in [3.05, 3.63) is 35.4 Å². The third-order valence-corrected chi connectivity index (χ3v) is 3.95. The minimum atomic E-state index is -0.971. The summed E-state index contributed by atoms with van der Waals surface area (Å²) in [4.78, 5) is 23.3. The molecule has 108 valence electrons. The Morgan fingerprint density at radius 1 is 1.30 bits per heavy atom. The molecular formula is C16H21NO3. The van der Waals surface area contributed by atoms with Crippen LogP contribution in [0.3, 0.4) is 0 Å². The fourth-order valence-electron chi connectivity index (χ4n) is 2.61. The van der Waals surface area contributed by atoms with E-state index in [-0.39, 0.29) is 23.7 Å². The molecule has 4 nitrogen and oxygen atoms in total. The Balaban J connectivity index is 2.00. The fraction of sp³-hybridized carbons (Fsp3) is 0.500. The fourth-order valence-corrected chi connectivity index (χ4v) is 2.61. The lowest BCUT2D eigenvalue weighted by molar-refractivity contribution is -0.143. The van der Waals surface area contributed by atoms with Crippen LogP contribution in [0.25, 0.3) is 0 Å². The normalized spacial score (nSPS) is 22.4. The molecule has 1 aromatic carbocycles. The highest BCUT2D eigenvalue weighted by Crippen LogP contribution is 2.48. The van der Waals surface area contributed by atoms with Gasteiger partial charge in [0.2, 0.25) is 5.91 Å². The average molecular weight is 275 g/mol. The Labute approximate surface area is 119 Å². The van der Waals surface area contributed by atoms with Gasteiger partial charge in [-0.25, -0.2) is 4.79 Å². The van der Waals surface area contributed by atoms with E-state index in [1.54, 1.807) is 13.8 Å². The summed E-state index contributed by atoms with van der Waals surface area (Å²) in [5, 5.41) is 11.8. The first-order chi connectivity index (χ1) is 9.41. The number of aryl methyl sites for hydroxylation is 1. The van der Waals surface area contributed by atoms with Gasteiger partial charge >= 0.3 is 5.97 Å². The molecule has 1 amide bonds. The molecule has 1 saturated carbocycles. The van der Waals surface area contributed by atoms with E-state index in [9.17, 15) is 9.59 Å². The smallest absolute Gasteiger partial charge is 0.326 e. The maximum Gasteiger partial charge on any atom is 0.326 e. The molecule has 1 fully saturated rings. The monoisotopic (exact) mass is 275 g/mol. The van der Waals surface area contributed by atoms with Crippen LogP contribution in [-0.2, 0) is 9.59 Å². The minimum absolute atomic E-state index is 0.0864. The quantitative estimate of drug-likeness (QED) is 0.866. The van der Waals surface area contributed by atoms with Gasteiger partial charge in [0.25, 0.3) is 0 Å². The van der Waals surface area contributed by atoms with Crippen molar-refractivity contribution in [2.75, 3.05) is 0 Å².